The van der Waals surface area contributed by atoms with E-state index in [2.05, 4.69) is 13.8 Å². The van der Waals surface area contributed by atoms with E-state index in [-0.39, 0.29) is 0 Å². The van der Waals surface area contributed by atoms with Crippen molar-refractivity contribution in [1.29, 1.82) is 0 Å². The van der Waals surface area contributed by atoms with E-state index in [0.29, 0.717) is 0 Å². The van der Waals surface area contributed by atoms with Gasteiger partial charge in [-0.25, -0.2) is 0 Å². The van der Waals surface area contributed by atoms with Gasteiger partial charge >= 0.3 is 108 Å². The molecule has 0 unspecified atom stereocenters. The molecule has 0 fully saturated rings. The third-order valence-electron chi connectivity index (χ3n) is 2.79. The van der Waals surface area contributed by atoms with Gasteiger partial charge in [-0.2, -0.15) is 0 Å². The molecule has 3 heteroatoms. The third kappa shape index (κ3) is 11.6. The third-order valence-corrected chi connectivity index (χ3v) is 14.1. The van der Waals surface area contributed by atoms with Crippen LogP contribution in [-0.4, -0.2) is 16.1 Å². The van der Waals surface area contributed by atoms with Gasteiger partial charge in [-0.3, -0.25) is 0 Å². The maximum atomic E-state index is 6.43. The van der Waals surface area contributed by atoms with Crippen LogP contribution < -0.4 is 0 Å². The SMILES string of the molecule is CCCCCCC[CH2][Sn]([Cl])([Cl])[CH2]CCC. The molecular formula is C12H26Cl2Sn. The van der Waals surface area contributed by atoms with Gasteiger partial charge in [-0.15, -0.1) is 0 Å². The zero-order valence-electron chi connectivity index (χ0n) is 10.3. The van der Waals surface area contributed by atoms with Crippen molar-refractivity contribution >= 4 is 34.0 Å². The topological polar surface area (TPSA) is 0 Å². The quantitative estimate of drug-likeness (QED) is 0.328. The molecule has 0 saturated heterocycles. The van der Waals surface area contributed by atoms with Crippen LogP contribution in [0.25, 0.3) is 0 Å². The van der Waals surface area contributed by atoms with E-state index in [1.807, 2.05) is 0 Å². The molecule has 0 atom stereocenters. The summed E-state index contributed by atoms with van der Waals surface area (Å²) in [6, 6.07) is 0. The van der Waals surface area contributed by atoms with Gasteiger partial charge in [0.25, 0.3) is 0 Å². The van der Waals surface area contributed by atoms with Crippen LogP contribution in [-0.2, 0) is 0 Å². The molecule has 0 radical (unpaired) electrons. The molecule has 0 aromatic rings. The molecule has 92 valence electrons. The summed E-state index contributed by atoms with van der Waals surface area (Å²) in [5.41, 5.74) is 0. The van der Waals surface area contributed by atoms with E-state index in [9.17, 15) is 0 Å². The summed E-state index contributed by atoms with van der Waals surface area (Å²) in [4.78, 5) is 0. The molecular weight excluding hydrogens is 334 g/mol. The zero-order chi connectivity index (χ0) is 11.6. The predicted molar refractivity (Wildman–Crippen MR) is 75.4 cm³/mol. The predicted octanol–water partition coefficient (Wildman–Crippen LogP) is 6.07. The monoisotopic (exact) mass is 360 g/mol. The van der Waals surface area contributed by atoms with Gasteiger partial charge in [0.15, 0.2) is 0 Å². The van der Waals surface area contributed by atoms with E-state index in [1.54, 1.807) is 0 Å². The Balaban J connectivity index is 3.32. The molecule has 0 saturated carbocycles. The van der Waals surface area contributed by atoms with Crippen molar-refractivity contribution in [3.63, 3.8) is 0 Å². The van der Waals surface area contributed by atoms with E-state index in [0.717, 1.165) is 4.44 Å². The Bertz CT molecular complexity index is 138. The standard InChI is InChI=1S/C8H17.C4H9.2ClH.Sn/c1-3-5-7-8-6-4-2;1-3-4-2;;;/h1,3-8H2,2H3;1,3-4H2,2H3;2*1H;/q;;;;+2/p-2. The number of hydrogen-bond acceptors (Lipinski definition) is 0. The first kappa shape index (κ1) is 16.4. The Morgan fingerprint density at radius 3 is 1.73 bits per heavy atom. The molecule has 0 bridgehead atoms. The molecule has 0 spiro atoms. The summed E-state index contributed by atoms with van der Waals surface area (Å²) in [5.74, 6) is 0. The summed E-state index contributed by atoms with van der Waals surface area (Å²) < 4.78 is 2.33. The van der Waals surface area contributed by atoms with E-state index in [4.69, 9.17) is 17.8 Å². The van der Waals surface area contributed by atoms with Gasteiger partial charge in [0, 0.05) is 0 Å². The molecule has 0 aromatic heterocycles. The second-order valence-electron chi connectivity index (χ2n) is 4.48. The molecule has 15 heavy (non-hydrogen) atoms. The molecule has 0 aliphatic rings. The van der Waals surface area contributed by atoms with Crippen molar-refractivity contribution in [2.24, 2.45) is 0 Å². The molecule has 0 N–H and O–H groups in total. The van der Waals surface area contributed by atoms with Crippen molar-refractivity contribution in [3.8, 4) is 0 Å². The number of rotatable bonds is 10. The Morgan fingerprint density at radius 2 is 1.13 bits per heavy atom. The fourth-order valence-electron chi connectivity index (χ4n) is 1.72. The minimum atomic E-state index is -2.56. The molecule has 0 rings (SSSR count). The Labute approximate surface area is 107 Å². The Morgan fingerprint density at radius 1 is 0.667 bits per heavy atom. The summed E-state index contributed by atoms with van der Waals surface area (Å²) in [6.45, 7) is 4.46. The van der Waals surface area contributed by atoms with E-state index >= 15 is 0 Å². The number of hydrogen-bond donors (Lipinski definition) is 0. The van der Waals surface area contributed by atoms with Crippen LogP contribution in [0, 0.1) is 0 Å². The van der Waals surface area contributed by atoms with Gasteiger partial charge < -0.3 is 0 Å². The van der Waals surface area contributed by atoms with Gasteiger partial charge in [0.2, 0.25) is 0 Å². The Kier molecular flexibility index (Phi) is 11.5. The van der Waals surface area contributed by atoms with Crippen molar-refractivity contribution in [3.05, 3.63) is 0 Å². The van der Waals surface area contributed by atoms with Crippen LogP contribution in [0.4, 0.5) is 0 Å². The fourth-order valence-corrected chi connectivity index (χ4v) is 10.7. The van der Waals surface area contributed by atoms with Crippen LogP contribution >= 0.6 is 17.8 Å². The number of unbranched alkanes of at least 4 members (excludes halogenated alkanes) is 6. The first-order valence-corrected chi connectivity index (χ1v) is 17.8. The fraction of sp³-hybridized carbons (Fsp3) is 1.00. The first-order valence-electron chi connectivity index (χ1n) is 6.50. The molecule has 0 heterocycles. The molecule has 0 aromatic carbocycles. The minimum absolute atomic E-state index is 1.16. The average molecular weight is 360 g/mol. The van der Waals surface area contributed by atoms with E-state index < -0.39 is 16.1 Å². The Hall–Kier alpha value is 1.38. The second kappa shape index (κ2) is 10.5. The first-order chi connectivity index (χ1) is 7.12. The maximum absolute atomic E-state index is 6.43. The van der Waals surface area contributed by atoms with Crippen LogP contribution in [0.5, 0.6) is 0 Å². The van der Waals surface area contributed by atoms with Crippen molar-refractivity contribution in [2.75, 3.05) is 0 Å². The zero-order valence-corrected chi connectivity index (χ0v) is 14.7. The van der Waals surface area contributed by atoms with E-state index in [1.165, 1.54) is 55.8 Å². The van der Waals surface area contributed by atoms with Crippen LogP contribution in [0.2, 0.25) is 8.87 Å². The summed E-state index contributed by atoms with van der Waals surface area (Å²) >= 11 is -2.56. The van der Waals surface area contributed by atoms with Gasteiger partial charge in [-0.1, -0.05) is 0 Å². The van der Waals surface area contributed by atoms with Crippen molar-refractivity contribution < 1.29 is 0 Å². The second-order valence-corrected chi connectivity index (χ2v) is 23.2. The molecule has 0 aliphatic carbocycles. The molecule has 0 nitrogen and oxygen atoms in total. The summed E-state index contributed by atoms with van der Waals surface area (Å²) in [6.07, 6.45) is 10.5. The van der Waals surface area contributed by atoms with Gasteiger partial charge in [-0.05, 0) is 0 Å². The summed E-state index contributed by atoms with van der Waals surface area (Å²) in [5, 5.41) is 0. The van der Waals surface area contributed by atoms with Gasteiger partial charge in [0.1, 0.15) is 0 Å². The average Bonchev–Trinajstić information content (AvgIpc) is 2.20. The number of halogens is 2. The summed E-state index contributed by atoms with van der Waals surface area (Å²) in [7, 11) is 12.9. The van der Waals surface area contributed by atoms with Crippen LogP contribution in [0.3, 0.4) is 0 Å². The molecule has 0 aliphatic heterocycles. The van der Waals surface area contributed by atoms with Crippen molar-refractivity contribution in [1.82, 2.24) is 0 Å². The normalized spacial score (nSPS) is 12.0. The van der Waals surface area contributed by atoms with Crippen LogP contribution in [0.1, 0.15) is 65.2 Å². The molecule has 0 amide bonds. The van der Waals surface area contributed by atoms with Gasteiger partial charge in [0.05, 0.1) is 0 Å². The van der Waals surface area contributed by atoms with Crippen molar-refractivity contribution in [2.45, 2.75) is 74.1 Å². The van der Waals surface area contributed by atoms with Crippen LogP contribution in [0.15, 0.2) is 0 Å².